The van der Waals surface area contributed by atoms with Gasteiger partial charge in [-0.15, -0.1) is 0 Å². The second-order valence-corrected chi connectivity index (χ2v) is 9.19. The largest absolute Gasteiger partial charge is 0.497 e. The molecule has 35 heavy (non-hydrogen) atoms. The van der Waals surface area contributed by atoms with E-state index in [-0.39, 0.29) is 28.7 Å². The lowest BCUT2D eigenvalue weighted by Gasteiger charge is -2.30. The molecule has 0 spiro atoms. The molecule has 2 bridgehead atoms. The maximum atomic E-state index is 13.5. The first-order valence-corrected chi connectivity index (χ1v) is 11.4. The number of Topliss-reactive ketones (excluding diaryl/α,β-unsaturated/α-hetero) is 1. The van der Waals surface area contributed by atoms with Crippen LogP contribution in [0, 0.1) is 33.8 Å². The minimum absolute atomic E-state index is 0.0228. The van der Waals surface area contributed by atoms with Crippen molar-refractivity contribution in [3.8, 4) is 5.75 Å². The number of fused-ring (bicyclic) bond motifs is 5. The monoisotopic (exact) mass is 477 g/mol. The Balaban J connectivity index is 1.49. The predicted molar refractivity (Wildman–Crippen MR) is 121 cm³/mol. The third-order valence-electron chi connectivity index (χ3n) is 7.39. The molecule has 5 rings (SSSR count). The lowest BCUT2D eigenvalue weighted by Crippen LogP contribution is -2.52. The Morgan fingerprint density at radius 3 is 2.23 bits per heavy atom. The average molecular weight is 477 g/mol. The van der Waals surface area contributed by atoms with Crippen LogP contribution in [0.1, 0.15) is 40.0 Å². The smallest absolute Gasteiger partial charge is 0.273 e. The van der Waals surface area contributed by atoms with Crippen LogP contribution in [-0.2, 0) is 9.59 Å². The summed E-state index contributed by atoms with van der Waals surface area (Å²) < 4.78 is 5.17. The second kappa shape index (κ2) is 8.61. The van der Waals surface area contributed by atoms with E-state index in [1.54, 1.807) is 18.2 Å². The van der Waals surface area contributed by atoms with Crippen LogP contribution in [0.3, 0.4) is 0 Å². The molecule has 4 atom stereocenters. The van der Waals surface area contributed by atoms with Gasteiger partial charge in [0.25, 0.3) is 23.4 Å². The van der Waals surface area contributed by atoms with E-state index in [4.69, 9.17) is 4.74 Å². The molecule has 1 heterocycles. The number of hydrogen-bond acceptors (Lipinski definition) is 7. The van der Waals surface area contributed by atoms with Gasteiger partial charge < -0.3 is 4.74 Å². The molecule has 0 radical (unpaired) electrons. The molecule has 0 aromatic heterocycles. The topological polar surface area (TPSA) is 127 Å². The Bertz CT molecular complexity index is 1210. The van der Waals surface area contributed by atoms with Gasteiger partial charge in [0.1, 0.15) is 12.3 Å². The Morgan fingerprint density at radius 1 is 1.03 bits per heavy atom. The summed E-state index contributed by atoms with van der Waals surface area (Å²) in [6, 6.07) is 11.2. The normalized spacial score (nSPS) is 24.4. The van der Waals surface area contributed by atoms with Crippen molar-refractivity contribution in [2.24, 2.45) is 23.7 Å². The molecule has 2 aliphatic carbocycles. The summed E-state index contributed by atoms with van der Waals surface area (Å²) in [6.07, 6.45) is 2.58. The summed E-state index contributed by atoms with van der Waals surface area (Å²) in [7, 11) is 1.46. The maximum absolute atomic E-state index is 13.5. The highest BCUT2D eigenvalue weighted by Gasteiger charge is 2.62. The van der Waals surface area contributed by atoms with Crippen molar-refractivity contribution < 1.29 is 28.8 Å². The Hall–Kier alpha value is -4.08. The number of carbonyl (C=O) groups is 4. The number of rotatable bonds is 7. The van der Waals surface area contributed by atoms with Crippen molar-refractivity contribution in [3.05, 3.63) is 69.8 Å². The number of amides is 3. The zero-order valence-corrected chi connectivity index (χ0v) is 19.0. The molecular formula is C25H23N3O7. The van der Waals surface area contributed by atoms with Crippen LogP contribution < -0.4 is 4.74 Å². The van der Waals surface area contributed by atoms with Gasteiger partial charge in [0.15, 0.2) is 5.78 Å². The number of benzene rings is 2. The fourth-order valence-electron chi connectivity index (χ4n) is 5.76. The molecule has 10 nitrogen and oxygen atoms in total. The highest BCUT2D eigenvalue weighted by Crippen LogP contribution is 2.56. The van der Waals surface area contributed by atoms with Crippen molar-refractivity contribution in [3.63, 3.8) is 0 Å². The van der Waals surface area contributed by atoms with E-state index < -0.39 is 46.8 Å². The van der Waals surface area contributed by atoms with Gasteiger partial charge in [-0.25, -0.2) is 5.01 Å². The molecule has 2 aromatic rings. The van der Waals surface area contributed by atoms with Gasteiger partial charge in [0.2, 0.25) is 0 Å². The van der Waals surface area contributed by atoms with Gasteiger partial charge in [-0.2, -0.15) is 5.01 Å². The minimum atomic E-state index is -0.759. The molecule has 1 aliphatic heterocycles. The Kier molecular flexibility index (Phi) is 5.58. The van der Waals surface area contributed by atoms with Crippen LogP contribution in [-0.4, -0.2) is 52.1 Å². The zero-order valence-electron chi connectivity index (χ0n) is 19.0. The van der Waals surface area contributed by atoms with Gasteiger partial charge in [-0.05, 0) is 55.4 Å². The molecule has 1 saturated heterocycles. The number of imide groups is 1. The van der Waals surface area contributed by atoms with E-state index in [2.05, 4.69) is 0 Å². The molecule has 2 aromatic carbocycles. The first kappa shape index (κ1) is 22.7. The van der Waals surface area contributed by atoms with Crippen LogP contribution in [0.15, 0.2) is 48.5 Å². The number of hydrazine groups is 1. The number of non-ortho nitro benzene ring substituents is 1. The summed E-state index contributed by atoms with van der Waals surface area (Å²) in [6.45, 7) is -0.546. The standard InChI is InChI=1S/C25H23N3O7/c1-35-19-4-2-3-15(12-19)20(29)13-26(23(30)14-7-9-18(10-8-14)28(33)34)27-24(31)21-16-5-6-17(11-16)22(21)25(27)32/h2-4,7-10,12,16-17,21-22H,5-6,11,13H2,1H3/t16-,17-,21-,22-/m0/s1. The number of nitro benzene ring substituents is 1. The molecule has 0 N–H and O–H groups in total. The lowest BCUT2D eigenvalue weighted by atomic mass is 9.81. The first-order chi connectivity index (χ1) is 16.8. The van der Waals surface area contributed by atoms with E-state index >= 15 is 0 Å². The van der Waals surface area contributed by atoms with Gasteiger partial charge in [-0.3, -0.25) is 29.3 Å². The van der Waals surface area contributed by atoms with E-state index in [9.17, 15) is 29.3 Å². The number of hydrogen-bond donors (Lipinski definition) is 0. The van der Waals surface area contributed by atoms with Crippen LogP contribution in [0.4, 0.5) is 5.69 Å². The number of ether oxygens (including phenoxy) is 1. The van der Waals surface area contributed by atoms with E-state index in [0.717, 1.165) is 41.4 Å². The summed E-state index contributed by atoms with van der Waals surface area (Å²) in [5.74, 6) is -2.44. The van der Waals surface area contributed by atoms with Gasteiger partial charge >= 0.3 is 0 Å². The zero-order chi connectivity index (χ0) is 24.9. The third-order valence-corrected chi connectivity index (χ3v) is 7.39. The van der Waals surface area contributed by atoms with Gasteiger partial charge in [-0.1, -0.05) is 12.1 Å². The molecule has 10 heteroatoms. The highest BCUT2D eigenvalue weighted by atomic mass is 16.6. The Morgan fingerprint density at radius 2 is 1.66 bits per heavy atom. The van der Waals surface area contributed by atoms with E-state index in [1.807, 2.05) is 0 Å². The number of methoxy groups -OCH3 is 1. The fraction of sp³-hybridized carbons (Fsp3) is 0.360. The van der Waals surface area contributed by atoms with Gasteiger partial charge in [0, 0.05) is 23.3 Å². The number of ketones is 1. The number of nitro groups is 1. The quantitative estimate of drug-likeness (QED) is 0.260. The third kappa shape index (κ3) is 3.74. The van der Waals surface area contributed by atoms with E-state index in [0.29, 0.717) is 5.75 Å². The van der Waals surface area contributed by atoms with Crippen molar-refractivity contribution in [2.75, 3.05) is 13.7 Å². The summed E-state index contributed by atoms with van der Waals surface area (Å²) in [5, 5.41) is 12.7. The SMILES string of the molecule is COc1cccc(C(=O)CN(C(=O)c2ccc([N+](=O)[O-])cc2)N2C(=O)[C@H]3[C@H]4CC[C@@H](C4)[C@@H]3C2=O)c1. The lowest BCUT2D eigenvalue weighted by molar-refractivity contribution is -0.384. The number of nitrogens with zero attached hydrogens (tertiary/aromatic N) is 3. The highest BCUT2D eigenvalue weighted by molar-refractivity contribution is 6.10. The van der Waals surface area contributed by atoms with Crippen molar-refractivity contribution in [1.29, 1.82) is 0 Å². The van der Waals surface area contributed by atoms with E-state index in [1.165, 1.54) is 25.3 Å². The van der Waals surface area contributed by atoms with Crippen molar-refractivity contribution in [1.82, 2.24) is 10.0 Å². The summed E-state index contributed by atoms with van der Waals surface area (Å²) in [5.41, 5.74) is 0.0693. The fourth-order valence-corrected chi connectivity index (χ4v) is 5.76. The molecule has 180 valence electrons. The van der Waals surface area contributed by atoms with Crippen molar-refractivity contribution in [2.45, 2.75) is 19.3 Å². The Labute approximate surface area is 200 Å². The van der Waals surface area contributed by atoms with Crippen molar-refractivity contribution >= 4 is 29.2 Å². The summed E-state index contributed by atoms with van der Waals surface area (Å²) >= 11 is 0. The predicted octanol–water partition coefficient (Wildman–Crippen LogP) is 2.87. The second-order valence-electron chi connectivity index (χ2n) is 9.19. The first-order valence-electron chi connectivity index (χ1n) is 11.4. The van der Waals surface area contributed by atoms with Gasteiger partial charge in [0.05, 0.1) is 23.9 Å². The minimum Gasteiger partial charge on any atom is -0.497 e. The molecule has 0 unspecified atom stereocenters. The average Bonchev–Trinajstić information content (AvgIpc) is 3.56. The molecule has 3 amide bonds. The number of carbonyl (C=O) groups excluding carboxylic acids is 4. The molecule has 2 saturated carbocycles. The van der Waals surface area contributed by atoms with Crippen LogP contribution in [0.5, 0.6) is 5.75 Å². The molecule has 3 fully saturated rings. The maximum Gasteiger partial charge on any atom is 0.273 e. The van der Waals surface area contributed by atoms with Crippen LogP contribution in [0.2, 0.25) is 0 Å². The molecule has 3 aliphatic rings. The summed E-state index contributed by atoms with van der Waals surface area (Å²) in [4.78, 5) is 63.9. The van der Waals surface area contributed by atoms with Crippen LogP contribution in [0.25, 0.3) is 0 Å². The molecular weight excluding hydrogens is 454 g/mol. The van der Waals surface area contributed by atoms with Crippen LogP contribution >= 0.6 is 0 Å².